The van der Waals surface area contributed by atoms with Crippen LogP contribution < -0.4 is 10.1 Å². The molecule has 28 heavy (non-hydrogen) atoms. The van der Waals surface area contributed by atoms with Gasteiger partial charge in [0.15, 0.2) is 6.61 Å². The summed E-state index contributed by atoms with van der Waals surface area (Å²) in [5.41, 5.74) is 3.61. The van der Waals surface area contributed by atoms with Crippen molar-refractivity contribution in [3.05, 3.63) is 84.4 Å². The Morgan fingerprint density at radius 1 is 0.857 bits per heavy atom. The second kappa shape index (κ2) is 9.37. The average molecular weight is 375 g/mol. The van der Waals surface area contributed by atoms with Crippen LogP contribution in [0.25, 0.3) is 11.1 Å². The van der Waals surface area contributed by atoms with E-state index in [1.807, 2.05) is 54.6 Å². The number of carbonyl (C=O) groups excluding carboxylic acids is 2. The quantitative estimate of drug-likeness (QED) is 0.632. The molecule has 142 valence electrons. The van der Waals surface area contributed by atoms with Crippen molar-refractivity contribution in [3.63, 3.8) is 0 Å². The Kier molecular flexibility index (Phi) is 6.41. The number of anilines is 1. The van der Waals surface area contributed by atoms with Crippen LogP contribution in [0, 0.1) is 0 Å². The van der Waals surface area contributed by atoms with Crippen molar-refractivity contribution >= 4 is 17.6 Å². The van der Waals surface area contributed by atoms with Gasteiger partial charge in [-0.25, -0.2) is 0 Å². The largest absolute Gasteiger partial charge is 0.497 e. The molecule has 0 aromatic heterocycles. The lowest BCUT2D eigenvalue weighted by atomic mass is 10.0. The predicted molar refractivity (Wildman–Crippen MR) is 108 cm³/mol. The van der Waals surface area contributed by atoms with Gasteiger partial charge in [0.25, 0.3) is 5.91 Å². The molecule has 0 unspecified atom stereocenters. The lowest BCUT2D eigenvalue weighted by Crippen LogP contribution is -2.21. The van der Waals surface area contributed by atoms with Crippen LogP contribution in [0.2, 0.25) is 0 Å². The van der Waals surface area contributed by atoms with Crippen molar-refractivity contribution in [1.29, 1.82) is 0 Å². The first kappa shape index (κ1) is 19.2. The number of benzene rings is 3. The lowest BCUT2D eigenvalue weighted by Gasteiger charge is -2.08. The summed E-state index contributed by atoms with van der Waals surface area (Å²) < 4.78 is 10.2. The predicted octanol–water partition coefficient (Wildman–Crippen LogP) is 4.09. The minimum atomic E-state index is -0.451. The van der Waals surface area contributed by atoms with E-state index in [-0.39, 0.29) is 13.0 Å². The fraction of sp³-hybridized carbons (Fsp3) is 0.130. The van der Waals surface area contributed by atoms with Gasteiger partial charge in [-0.1, -0.05) is 60.7 Å². The van der Waals surface area contributed by atoms with Crippen molar-refractivity contribution in [1.82, 2.24) is 0 Å². The van der Waals surface area contributed by atoms with Crippen molar-refractivity contribution in [2.24, 2.45) is 0 Å². The van der Waals surface area contributed by atoms with Crippen molar-refractivity contribution < 1.29 is 19.1 Å². The number of hydrogen-bond acceptors (Lipinski definition) is 4. The SMILES string of the molecule is COc1cccc(NC(=O)COC(=O)Cc2ccc(-c3ccccc3)cc2)c1. The number of nitrogens with one attached hydrogen (secondary N) is 1. The second-order valence-electron chi connectivity index (χ2n) is 6.18. The van der Waals surface area contributed by atoms with Crippen LogP contribution in [0.1, 0.15) is 5.56 Å². The van der Waals surface area contributed by atoms with Crippen molar-refractivity contribution in [2.45, 2.75) is 6.42 Å². The summed E-state index contributed by atoms with van der Waals surface area (Å²) in [6.07, 6.45) is 0.113. The van der Waals surface area contributed by atoms with Crippen LogP contribution in [0.15, 0.2) is 78.9 Å². The summed E-state index contributed by atoms with van der Waals surface area (Å²) in [4.78, 5) is 23.9. The molecule has 5 nitrogen and oxygen atoms in total. The third kappa shape index (κ3) is 5.45. The van der Waals surface area contributed by atoms with Crippen LogP contribution in [-0.2, 0) is 20.7 Å². The van der Waals surface area contributed by atoms with Gasteiger partial charge in [-0.3, -0.25) is 9.59 Å². The molecule has 3 aromatic rings. The molecule has 0 aliphatic heterocycles. The van der Waals surface area contributed by atoms with Crippen LogP contribution in [0.4, 0.5) is 5.69 Å². The minimum absolute atomic E-state index is 0.113. The molecule has 0 heterocycles. The van der Waals surface area contributed by atoms with Crippen molar-refractivity contribution in [3.8, 4) is 16.9 Å². The monoisotopic (exact) mass is 375 g/mol. The molecule has 5 heteroatoms. The molecule has 0 fully saturated rings. The van der Waals surface area contributed by atoms with E-state index in [1.54, 1.807) is 31.4 Å². The van der Waals surface area contributed by atoms with Crippen LogP contribution in [0.5, 0.6) is 5.75 Å². The molecule has 0 saturated carbocycles. The first-order valence-corrected chi connectivity index (χ1v) is 8.88. The molecule has 0 saturated heterocycles. The molecule has 0 atom stereocenters. The van der Waals surface area contributed by atoms with Crippen molar-refractivity contribution in [2.75, 3.05) is 19.0 Å². The highest BCUT2D eigenvalue weighted by Gasteiger charge is 2.09. The summed E-state index contributed by atoms with van der Waals surface area (Å²) in [6.45, 7) is -0.335. The first-order chi connectivity index (χ1) is 13.6. The average Bonchev–Trinajstić information content (AvgIpc) is 2.73. The van der Waals surface area contributed by atoms with E-state index in [4.69, 9.17) is 9.47 Å². The van der Waals surface area contributed by atoms with Gasteiger partial charge >= 0.3 is 5.97 Å². The van der Waals surface area contributed by atoms with E-state index in [9.17, 15) is 9.59 Å². The Morgan fingerprint density at radius 2 is 1.57 bits per heavy atom. The van der Waals surface area contributed by atoms with Gasteiger partial charge in [-0.05, 0) is 28.8 Å². The summed E-state index contributed by atoms with van der Waals surface area (Å²) in [7, 11) is 1.55. The number of carbonyl (C=O) groups is 2. The normalized spacial score (nSPS) is 10.2. The maximum Gasteiger partial charge on any atom is 0.310 e. The third-order valence-electron chi connectivity index (χ3n) is 4.13. The van der Waals surface area contributed by atoms with Gasteiger partial charge < -0.3 is 14.8 Å². The van der Waals surface area contributed by atoms with Gasteiger partial charge in [-0.15, -0.1) is 0 Å². The molecular weight excluding hydrogens is 354 g/mol. The number of rotatable bonds is 7. The van der Waals surface area contributed by atoms with Crippen LogP contribution in [0.3, 0.4) is 0 Å². The number of hydrogen-bond donors (Lipinski definition) is 1. The van der Waals surface area contributed by atoms with Crippen LogP contribution >= 0.6 is 0 Å². The summed E-state index contributed by atoms with van der Waals surface area (Å²) in [5, 5.41) is 2.67. The molecule has 3 rings (SSSR count). The van der Waals surface area contributed by atoms with Crippen LogP contribution in [-0.4, -0.2) is 25.6 Å². The number of ether oxygens (including phenoxy) is 2. The van der Waals surface area contributed by atoms with E-state index < -0.39 is 11.9 Å². The molecule has 0 spiro atoms. The van der Waals surface area contributed by atoms with Gasteiger partial charge in [0.2, 0.25) is 0 Å². The number of esters is 1. The second-order valence-corrected chi connectivity index (χ2v) is 6.18. The number of amides is 1. The third-order valence-corrected chi connectivity index (χ3v) is 4.13. The highest BCUT2D eigenvalue weighted by Crippen LogP contribution is 2.19. The molecular formula is C23H21NO4. The zero-order valence-corrected chi connectivity index (χ0v) is 15.6. The Balaban J connectivity index is 1.48. The summed E-state index contributed by atoms with van der Waals surface area (Å²) >= 11 is 0. The van der Waals surface area contributed by atoms with E-state index in [0.717, 1.165) is 16.7 Å². The van der Waals surface area contributed by atoms with Gasteiger partial charge in [-0.2, -0.15) is 0 Å². The van der Waals surface area contributed by atoms with Gasteiger partial charge in [0.1, 0.15) is 5.75 Å². The fourth-order valence-electron chi connectivity index (χ4n) is 2.71. The Hall–Kier alpha value is -3.60. The molecule has 0 aliphatic rings. The Bertz CT molecular complexity index is 936. The standard InChI is InChI=1S/C23H21NO4/c1-27-21-9-5-8-20(15-21)24-22(25)16-28-23(26)14-17-10-12-19(13-11-17)18-6-3-2-4-7-18/h2-13,15H,14,16H2,1H3,(H,24,25). The Labute approximate surface area is 163 Å². The smallest absolute Gasteiger partial charge is 0.310 e. The van der Waals surface area contributed by atoms with E-state index in [2.05, 4.69) is 5.32 Å². The molecule has 0 radical (unpaired) electrons. The maximum atomic E-state index is 12.0. The van der Waals surface area contributed by atoms with E-state index >= 15 is 0 Å². The van der Waals surface area contributed by atoms with E-state index in [0.29, 0.717) is 11.4 Å². The fourth-order valence-corrected chi connectivity index (χ4v) is 2.71. The topological polar surface area (TPSA) is 64.6 Å². The first-order valence-electron chi connectivity index (χ1n) is 8.88. The highest BCUT2D eigenvalue weighted by atomic mass is 16.5. The molecule has 0 aliphatic carbocycles. The lowest BCUT2D eigenvalue weighted by molar-refractivity contribution is -0.146. The Morgan fingerprint density at radius 3 is 2.29 bits per heavy atom. The zero-order valence-electron chi connectivity index (χ0n) is 15.6. The highest BCUT2D eigenvalue weighted by molar-refractivity contribution is 5.93. The van der Waals surface area contributed by atoms with Gasteiger partial charge in [0.05, 0.1) is 13.5 Å². The summed E-state index contributed by atoms with van der Waals surface area (Å²) in [5.74, 6) is -0.219. The molecule has 1 amide bonds. The maximum absolute atomic E-state index is 12.0. The number of methoxy groups -OCH3 is 1. The zero-order chi connectivity index (χ0) is 19.8. The molecule has 3 aromatic carbocycles. The minimum Gasteiger partial charge on any atom is -0.497 e. The molecule has 0 bridgehead atoms. The molecule has 1 N–H and O–H groups in total. The summed E-state index contributed by atoms with van der Waals surface area (Å²) in [6, 6.07) is 24.7. The van der Waals surface area contributed by atoms with E-state index in [1.165, 1.54) is 0 Å². The van der Waals surface area contributed by atoms with Gasteiger partial charge in [0, 0.05) is 11.8 Å².